The molecule has 6 nitrogen and oxygen atoms in total. The van der Waals surface area contributed by atoms with Gasteiger partial charge in [0.25, 0.3) is 15.9 Å². The summed E-state index contributed by atoms with van der Waals surface area (Å²) in [4.78, 5) is 11.5. The van der Waals surface area contributed by atoms with Crippen molar-refractivity contribution < 1.29 is 13.2 Å². The maximum atomic E-state index is 12.6. The molecule has 0 atom stereocenters. The van der Waals surface area contributed by atoms with Crippen molar-refractivity contribution in [1.29, 1.82) is 5.26 Å². The highest BCUT2D eigenvalue weighted by Crippen LogP contribution is 2.25. The van der Waals surface area contributed by atoms with Crippen molar-refractivity contribution >= 4 is 21.6 Å². The second-order valence-electron chi connectivity index (χ2n) is 4.49. The minimum absolute atomic E-state index is 0.0215. The standard InChI is InChI=1S/C15H13N3O3S/c1-18(14-5-3-2-4-13(14)15(17)19)22(20,21)12-8-6-11(10-16)7-9-12/h2-9H,1H3,(H2,17,19). The molecule has 22 heavy (non-hydrogen) atoms. The van der Waals surface area contributed by atoms with E-state index in [9.17, 15) is 13.2 Å². The first kappa shape index (κ1) is 15.5. The number of hydrogen-bond donors (Lipinski definition) is 1. The molecule has 0 fully saturated rings. The summed E-state index contributed by atoms with van der Waals surface area (Å²) in [7, 11) is -2.51. The highest BCUT2D eigenvalue weighted by atomic mass is 32.2. The maximum absolute atomic E-state index is 12.6. The summed E-state index contributed by atoms with van der Waals surface area (Å²) in [5.41, 5.74) is 5.94. The predicted molar refractivity (Wildman–Crippen MR) is 81.7 cm³/mol. The van der Waals surface area contributed by atoms with E-state index in [0.29, 0.717) is 5.56 Å². The number of carbonyl (C=O) groups is 1. The zero-order valence-corrected chi connectivity index (χ0v) is 12.5. The SMILES string of the molecule is CN(c1ccccc1C(N)=O)S(=O)(=O)c1ccc(C#N)cc1. The average molecular weight is 315 g/mol. The molecule has 2 aromatic rings. The summed E-state index contributed by atoms with van der Waals surface area (Å²) >= 11 is 0. The number of sulfonamides is 1. The van der Waals surface area contributed by atoms with Crippen molar-refractivity contribution in [3.05, 3.63) is 59.7 Å². The number of nitriles is 1. The fourth-order valence-electron chi connectivity index (χ4n) is 1.95. The van der Waals surface area contributed by atoms with E-state index in [-0.39, 0.29) is 16.1 Å². The van der Waals surface area contributed by atoms with Crippen molar-refractivity contribution in [2.75, 3.05) is 11.4 Å². The number of para-hydroxylation sites is 1. The van der Waals surface area contributed by atoms with Gasteiger partial charge in [0, 0.05) is 7.05 Å². The van der Waals surface area contributed by atoms with Crippen molar-refractivity contribution in [3.8, 4) is 6.07 Å². The highest BCUT2D eigenvalue weighted by molar-refractivity contribution is 7.92. The van der Waals surface area contributed by atoms with Gasteiger partial charge < -0.3 is 5.73 Å². The number of amides is 1. The summed E-state index contributed by atoms with van der Waals surface area (Å²) < 4.78 is 26.2. The number of rotatable bonds is 4. The second-order valence-corrected chi connectivity index (χ2v) is 6.46. The molecule has 0 unspecified atom stereocenters. The molecule has 1 amide bonds. The zero-order chi connectivity index (χ0) is 16.3. The van der Waals surface area contributed by atoms with E-state index in [0.717, 1.165) is 4.31 Å². The van der Waals surface area contributed by atoms with Crippen LogP contribution >= 0.6 is 0 Å². The number of carbonyl (C=O) groups excluding carboxylic acids is 1. The Kier molecular flexibility index (Phi) is 4.15. The first-order valence-corrected chi connectivity index (χ1v) is 7.70. The van der Waals surface area contributed by atoms with Crippen LogP contribution in [0.4, 0.5) is 5.69 Å². The molecule has 0 aliphatic heterocycles. The number of nitrogens with zero attached hydrogens (tertiary/aromatic N) is 2. The van der Waals surface area contributed by atoms with Crippen LogP contribution in [0, 0.1) is 11.3 Å². The van der Waals surface area contributed by atoms with Crippen molar-refractivity contribution in [2.45, 2.75) is 4.90 Å². The largest absolute Gasteiger partial charge is 0.366 e. The molecule has 7 heteroatoms. The van der Waals surface area contributed by atoms with Crippen molar-refractivity contribution in [3.63, 3.8) is 0 Å². The Bertz CT molecular complexity index is 852. The maximum Gasteiger partial charge on any atom is 0.264 e. The number of hydrogen-bond acceptors (Lipinski definition) is 4. The summed E-state index contributed by atoms with van der Waals surface area (Å²) in [5, 5.41) is 8.75. The molecule has 0 saturated carbocycles. The Morgan fingerprint density at radius 1 is 1.14 bits per heavy atom. The minimum atomic E-state index is -3.86. The Morgan fingerprint density at radius 2 is 1.73 bits per heavy atom. The van der Waals surface area contributed by atoms with Gasteiger partial charge in [0.1, 0.15) is 0 Å². The van der Waals surface area contributed by atoms with E-state index < -0.39 is 15.9 Å². The molecule has 0 aromatic heterocycles. The third kappa shape index (κ3) is 2.77. The van der Waals surface area contributed by atoms with E-state index in [1.807, 2.05) is 6.07 Å². The Labute approximate surface area is 128 Å². The molecular formula is C15H13N3O3S. The quantitative estimate of drug-likeness (QED) is 0.922. The van der Waals surface area contributed by atoms with Crippen molar-refractivity contribution in [1.82, 2.24) is 0 Å². The van der Waals surface area contributed by atoms with Crippen LogP contribution in [-0.2, 0) is 10.0 Å². The molecule has 2 rings (SSSR count). The predicted octanol–water partition coefficient (Wildman–Crippen LogP) is 1.48. The molecule has 0 spiro atoms. The lowest BCUT2D eigenvalue weighted by atomic mass is 10.2. The number of nitrogens with two attached hydrogens (primary N) is 1. The van der Waals surface area contributed by atoms with Gasteiger partial charge in [0.15, 0.2) is 0 Å². The number of primary amides is 1. The summed E-state index contributed by atoms with van der Waals surface area (Å²) in [5.74, 6) is -0.711. The fraction of sp³-hybridized carbons (Fsp3) is 0.0667. The van der Waals surface area contributed by atoms with Gasteiger partial charge in [-0.25, -0.2) is 8.42 Å². The zero-order valence-electron chi connectivity index (χ0n) is 11.7. The topological polar surface area (TPSA) is 104 Å². The van der Waals surface area contributed by atoms with Crippen LogP contribution in [0.5, 0.6) is 0 Å². The van der Waals surface area contributed by atoms with Gasteiger partial charge >= 0.3 is 0 Å². The number of anilines is 1. The molecule has 0 aliphatic rings. The minimum Gasteiger partial charge on any atom is -0.366 e. The van der Waals surface area contributed by atoms with Gasteiger partial charge in [-0.3, -0.25) is 9.10 Å². The van der Waals surface area contributed by atoms with Crippen LogP contribution in [0.15, 0.2) is 53.4 Å². The van der Waals surface area contributed by atoms with Gasteiger partial charge in [-0.15, -0.1) is 0 Å². The van der Waals surface area contributed by atoms with E-state index in [1.54, 1.807) is 12.1 Å². The van der Waals surface area contributed by atoms with E-state index >= 15 is 0 Å². The van der Waals surface area contributed by atoms with Gasteiger partial charge in [-0.1, -0.05) is 12.1 Å². The lowest BCUT2D eigenvalue weighted by molar-refractivity contribution is 0.100. The lowest BCUT2D eigenvalue weighted by Crippen LogP contribution is -2.29. The van der Waals surface area contributed by atoms with Gasteiger partial charge in [0.2, 0.25) is 0 Å². The third-order valence-electron chi connectivity index (χ3n) is 3.15. The normalized spacial score (nSPS) is 10.7. The van der Waals surface area contributed by atoms with Crippen LogP contribution < -0.4 is 10.0 Å². The molecule has 0 aliphatic carbocycles. The van der Waals surface area contributed by atoms with Crippen LogP contribution in [0.25, 0.3) is 0 Å². The highest BCUT2D eigenvalue weighted by Gasteiger charge is 2.24. The van der Waals surface area contributed by atoms with E-state index in [2.05, 4.69) is 0 Å². The van der Waals surface area contributed by atoms with Crippen molar-refractivity contribution in [2.24, 2.45) is 5.73 Å². The molecule has 0 saturated heterocycles. The Balaban J connectivity index is 2.50. The first-order chi connectivity index (χ1) is 10.4. The molecule has 2 N–H and O–H groups in total. The second kappa shape index (κ2) is 5.87. The third-order valence-corrected chi connectivity index (χ3v) is 4.94. The Morgan fingerprint density at radius 3 is 2.27 bits per heavy atom. The molecule has 112 valence electrons. The average Bonchev–Trinajstić information content (AvgIpc) is 2.54. The molecule has 0 heterocycles. The summed E-state index contributed by atoms with van der Waals surface area (Å²) in [6, 6.07) is 13.6. The molecule has 2 aromatic carbocycles. The smallest absolute Gasteiger partial charge is 0.264 e. The van der Waals surface area contributed by atoms with E-state index in [1.165, 1.54) is 43.4 Å². The first-order valence-electron chi connectivity index (χ1n) is 6.26. The number of benzene rings is 2. The van der Waals surface area contributed by atoms with Gasteiger partial charge in [-0.05, 0) is 36.4 Å². The van der Waals surface area contributed by atoms with Crippen LogP contribution in [0.1, 0.15) is 15.9 Å². The Hall–Kier alpha value is -2.85. The van der Waals surface area contributed by atoms with Crippen LogP contribution in [-0.4, -0.2) is 21.4 Å². The van der Waals surface area contributed by atoms with Gasteiger partial charge in [-0.2, -0.15) is 5.26 Å². The summed E-state index contributed by atoms with van der Waals surface area (Å²) in [6.07, 6.45) is 0. The monoisotopic (exact) mass is 315 g/mol. The molecule has 0 radical (unpaired) electrons. The fourth-order valence-corrected chi connectivity index (χ4v) is 3.16. The molecular weight excluding hydrogens is 302 g/mol. The van der Waals surface area contributed by atoms with E-state index in [4.69, 9.17) is 11.0 Å². The lowest BCUT2D eigenvalue weighted by Gasteiger charge is -2.21. The summed E-state index contributed by atoms with van der Waals surface area (Å²) in [6.45, 7) is 0. The van der Waals surface area contributed by atoms with Crippen LogP contribution in [0.2, 0.25) is 0 Å². The van der Waals surface area contributed by atoms with Gasteiger partial charge in [0.05, 0.1) is 27.8 Å². The van der Waals surface area contributed by atoms with Crippen LogP contribution in [0.3, 0.4) is 0 Å². The molecule has 0 bridgehead atoms.